The molecule has 7 nitrogen and oxygen atoms in total. The van der Waals surface area contributed by atoms with Crippen molar-refractivity contribution in [3.63, 3.8) is 0 Å². The van der Waals surface area contributed by atoms with Crippen LogP contribution in [0.5, 0.6) is 11.5 Å². The molecule has 0 aliphatic rings. The van der Waals surface area contributed by atoms with Gasteiger partial charge in [0.25, 0.3) is 5.91 Å². The molecule has 144 valence electrons. The molecule has 0 saturated heterocycles. The summed E-state index contributed by atoms with van der Waals surface area (Å²) in [4.78, 5) is 21.3. The van der Waals surface area contributed by atoms with E-state index < -0.39 is 0 Å². The van der Waals surface area contributed by atoms with Gasteiger partial charge in [-0.2, -0.15) is 0 Å². The standard InChI is InChI=1S/C21H22N4O3/c1-13-6-5-7-15(10-13)24-20-12-18(22-14(2)23-20)21(26)25-17-9-8-16(27-3)11-19(17)28-4/h5-12H,1-4H3,(H,25,26)(H,22,23,24). The Kier molecular flexibility index (Phi) is 5.74. The summed E-state index contributed by atoms with van der Waals surface area (Å²) in [5.41, 5.74) is 2.79. The Hall–Kier alpha value is -3.61. The van der Waals surface area contributed by atoms with Crippen LogP contribution in [-0.2, 0) is 0 Å². The minimum atomic E-state index is -0.360. The molecular formula is C21H22N4O3. The number of nitrogens with one attached hydrogen (secondary N) is 2. The highest BCUT2D eigenvalue weighted by Crippen LogP contribution is 2.29. The first-order valence-electron chi connectivity index (χ1n) is 8.71. The quantitative estimate of drug-likeness (QED) is 0.671. The maximum atomic E-state index is 12.7. The van der Waals surface area contributed by atoms with Crippen molar-refractivity contribution in [1.82, 2.24) is 9.97 Å². The van der Waals surface area contributed by atoms with E-state index in [0.29, 0.717) is 28.8 Å². The van der Waals surface area contributed by atoms with Gasteiger partial charge in [0.1, 0.15) is 28.8 Å². The summed E-state index contributed by atoms with van der Waals surface area (Å²) < 4.78 is 10.5. The van der Waals surface area contributed by atoms with E-state index in [0.717, 1.165) is 11.3 Å². The minimum absolute atomic E-state index is 0.250. The second-order valence-corrected chi connectivity index (χ2v) is 6.20. The summed E-state index contributed by atoms with van der Waals surface area (Å²) in [7, 11) is 3.10. The maximum absolute atomic E-state index is 12.7. The van der Waals surface area contributed by atoms with Gasteiger partial charge < -0.3 is 20.1 Å². The van der Waals surface area contributed by atoms with Gasteiger partial charge in [-0.25, -0.2) is 9.97 Å². The second-order valence-electron chi connectivity index (χ2n) is 6.20. The SMILES string of the molecule is COc1ccc(NC(=O)c2cc(Nc3cccc(C)c3)nc(C)n2)c(OC)c1. The molecule has 0 spiro atoms. The van der Waals surface area contributed by atoms with Gasteiger partial charge >= 0.3 is 0 Å². The predicted molar refractivity (Wildman–Crippen MR) is 109 cm³/mol. The molecule has 2 aromatic carbocycles. The highest BCUT2D eigenvalue weighted by atomic mass is 16.5. The van der Waals surface area contributed by atoms with Crippen LogP contribution < -0.4 is 20.1 Å². The number of hydrogen-bond acceptors (Lipinski definition) is 6. The Bertz CT molecular complexity index is 1000. The van der Waals surface area contributed by atoms with Crippen LogP contribution in [0.25, 0.3) is 0 Å². The number of ether oxygens (including phenoxy) is 2. The zero-order chi connectivity index (χ0) is 20.1. The largest absolute Gasteiger partial charge is 0.497 e. The number of carbonyl (C=O) groups is 1. The Balaban J connectivity index is 1.83. The second kappa shape index (κ2) is 8.39. The van der Waals surface area contributed by atoms with Gasteiger partial charge in [0.2, 0.25) is 0 Å². The molecule has 0 unspecified atom stereocenters. The van der Waals surface area contributed by atoms with E-state index >= 15 is 0 Å². The Morgan fingerprint density at radius 3 is 2.50 bits per heavy atom. The third-order valence-electron chi connectivity index (χ3n) is 4.02. The normalized spacial score (nSPS) is 10.3. The van der Waals surface area contributed by atoms with Crippen molar-refractivity contribution in [2.45, 2.75) is 13.8 Å². The van der Waals surface area contributed by atoms with Crippen LogP contribution in [0.15, 0.2) is 48.5 Å². The van der Waals surface area contributed by atoms with E-state index in [9.17, 15) is 4.79 Å². The van der Waals surface area contributed by atoms with Crippen molar-refractivity contribution >= 4 is 23.1 Å². The summed E-state index contributed by atoms with van der Waals surface area (Å²) in [6.45, 7) is 3.75. The number of nitrogens with zero attached hydrogens (tertiary/aromatic N) is 2. The van der Waals surface area contributed by atoms with Gasteiger partial charge in [-0.3, -0.25) is 4.79 Å². The topological polar surface area (TPSA) is 85.4 Å². The van der Waals surface area contributed by atoms with Crippen molar-refractivity contribution < 1.29 is 14.3 Å². The van der Waals surface area contributed by atoms with Crippen molar-refractivity contribution in [2.24, 2.45) is 0 Å². The van der Waals surface area contributed by atoms with Crippen LogP contribution >= 0.6 is 0 Å². The van der Waals surface area contributed by atoms with E-state index in [1.807, 2.05) is 31.2 Å². The summed E-state index contributed by atoms with van der Waals surface area (Å²) in [6, 6.07) is 14.7. The third-order valence-corrected chi connectivity index (χ3v) is 4.02. The Labute approximate surface area is 163 Å². The van der Waals surface area contributed by atoms with Gasteiger partial charge in [-0.15, -0.1) is 0 Å². The first-order chi connectivity index (χ1) is 13.5. The van der Waals surface area contributed by atoms with Gasteiger partial charge in [-0.05, 0) is 43.7 Å². The molecule has 0 saturated carbocycles. The number of anilines is 3. The zero-order valence-corrected chi connectivity index (χ0v) is 16.2. The van der Waals surface area contributed by atoms with Crippen molar-refractivity contribution in [2.75, 3.05) is 24.9 Å². The Morgan fingerprint density at radius 2 is 1.79 bits per heavy atom. The van der Waals surface area contributed by atoms with Gasteiger partial charge in [0.15, 0.2) is 0 Å². The predicted octanol–water partition coefficient (Wildman–Crippen LogP) is 4.11. The van der Waals surface area contributed by atoms with E-state index in [-0.39, 0.29) is 11.6 Å². The first-order valence-corrected chi connectivity index (χ1v) is 8.71. The molecule has 0 radical (unpaired) electrons. The molecule has 7 heteroatoms. The van der Waals surface area contributed by atoms with E-state index in [2.05, 4.69) is 20.6 Å². The number of benzene rings is 2. The molecule has 0 aliphatic heterocycles. The molecule has 1 aromatic heterocycles. The minimum Gasteiger partial charge on any atom is -0.497 e. The molecule has 0 aliphatic carbocycles. The van der Waals surface area contributed by atoms with E-state index in [1.165, 1.54) is 7.11 Å². The fourth-order valence-corrected chi connectivity index (χ4v) is 2.71. The number of hydrogen-bond donors (Lipinski definition) is 2. The molecule has 0 fully saturated rings. The summed E-state index contributed by atoms with van der Waals surface area (Å²) >= 11 is 0. The van der Waals surface area contributed by atoms with Crippen LogP contribution in [0.3, 0.4) is 0 Å². The van der Waals surface area contributed by atoms with Crippen molar-refractivity contribution in [3.05, 3.63) is 65.6 Å². The molecule has 3 aromatic rings. The van der Waals surface area contributed by atoms with Crippen LogP contribution in [0, 0.1) is 13.8 Å². The van der Waals surface area contributed by atoms with Crippen molar-refractivity contribution in [1.29, 1.82) is 0 Å². The lowest BCUT2D eigenvalue weighted by atomic mass is 10.2. The first kappa shape index (κ1) is 19.2. The lowest BCUT2D eigenvalue weighted by Crippen LogP contribution is -2.16. The van der Waals surface area contributed by atoms with Gasteiger partial charge in [-0.1, -0.05) is 12.1 Å². The number of aryl methyl sites for hydroxylation is 2. The molecule has 3 rings (SSSR count). The van der Waals surface area contributed by atoms with Gasteiger partial charge in [0.05, 0.1) is 19.9 Å². The maximum Gasteiger partial charge on any atom is 0.274 e. The lowest BCUT2D eigenvalue weighted by molar-refractivity contribution is 0.102. The molecular weight excluding hydrogens is 356 g/mol. The number of amides is 1. The highest BCUT2D eigenvalue weighted by molar-refractivity contribution is 6.04. The Morgan fingerprint density at radius 1 is 0.964 bits per heavy atom. The van der Waals surface area contributed by atoms with Crippen LogP contribution in [0.2, 0.25) is 0 Å². The molecule has 0 atom stereocenters. The van der Waals surface area contributed by atoms with Crippen molar-refractivity contribution in [3.8, 4) is 11.5 Å². The number of rotatable bonds is 6. The van der Waals surface area contributed by atoms with Crippen LogP contribution in [0.1, 0.15) is 21.9 Å². The fraction of sp³-hybridized carbons (Fsp3) is 0.190. The van der Waals surface area contributed by atoms with E-state index in [4.69, 9.17) is 9.47 Å². The number of methoxy groups -OCH3 is 2. The number of carbonyl (C=O) groups excluding carboxylic acids is 1. The molecule has 2 N–H and O–H groups in total. The number of aromatic nitrogens is 2. The molecule has 1 amide bonds. The summed E-state index contributed by atoms with van der Waals surface area (Å²) in [5, 5.41) is 6.03. The van der Waals surface area contributed by atoms with Gasteiger partial charge in [0, 0.05) is 17.8 Å². The lowest BCUT2D eigenvalue weighted by Gasteiger charge is -2.12. The fourth-order valence-electron chi connectivity index (χ4n) is 2.71. The van der Waals surface area contributed by atoms with Crippen LogP contribution in [0.4, 0.5) is 17.2 Å². The average molecular weight is 378 g/mol. The molecule has 0 bridgehead atoms. The monoisotopic (exact) mass is 378 g/mol. The summed E-state index contributed by atoms with van der Waals surface area (Å²) in [5.74, 6) is 1.81. The smallest absolute Gasteiger partial charge is 0.274 e. The molecule has 1 heterocycles. The zero-order valence-electron chi connectivity index (χ0n) is 16.2. The van der Waals surface area contributed by atoms with E-state index in [1.54, 1.807) is 38.3 Å². The van der Waals surface area contributed by atoms with Crippen LogP contribution in [-0.4, -0.2) is 30.1 Å². The third kappa shape index (κ3) is 4.56. The molecule has 28 heavy (non-hydrogen) atoms. The summed E-state index contributed by atoms with van der Waals surface area (Å²) in [6.07, 6.45) is 0. The highest BCUT2D eigenvalue weighted by Gasteiger charge is 2.14. The average Bonchev–Trinajstić information content (AvgIpc) is 2.67.